The molecular formula is C12H13ClN6O. The normalized spacial score (nSPS) is 10.9. The number of rotatable bonds is 4. The average Bonchev–Trinajstić information content (AvgIpc) is 3.04. The zero-order valence-corrected chi connectivity index (χ0v) is 11.8. The zero-order chi connectivity index (χ0) is 14.1. The highest BCUT2D eigenvalue weighted by atomic mass is 35.5. The van der Waals surface area contributed by atoms with Crippen LogP contribution in [0, 0.1) is 0 Å². The van der Waals surface area contributed by atoms with E-state index in [0.717, 1.165) is 5.76 Å². The fraction of sp³-hybridized carbons (Fsp3) is 0.250. The summed E-state index contributed by atoms with van der Waals surface area (Å²) in [6, 6.07) is 3.71. The van der Waals surface area contributed by atoms with Crippen LogP contribution in [0.5, 0.6) is 0 Å². The topological polar surface area (TPSA) is 82.9 Å². The molecule has 0 aliphatic carbocycles. The standard InChI is InChI=1S/C12H13ClN6O/c1-19(2)12-15-8-9(14-6-7-4-3-5-20-7)16-11(13)17-10(8)18-12/h3-5H,6H2,1-2H3,(H2,14,15,16,17,18). The monoisotopic (exact) mass is 292 g/mol. The van der Waals surface area contributed by atoms with Gasteiger partial charge in [-0.25, -0.2) is 0 Å². The summed E-state index contributed by atoms with van der Waals surface area (Å²) in [5.41, 5.74) is 1.24. The van der Waals surface area contributed by atoms with Gasteiger partial charge >= 0.3 is 0 Å². The molecule has 0 atom stereocenters. The molecule has 8 heteroatoms. The van der Waals surface area contributed by atoms with Crippen LogP contribution in [0.25, 0.3) is 11.2 Å². The molecule has 0 aliphatic heterocycles. The van der Waals surface area contributed by atoms with Crippen molar-refractivity contribution < 1.29 is 4.42 Å². The maximum absolute atomic E-state index is 5.92. The largest absolute Gasteiger partial charge is 0.467 e. The first kappa shape index (κ1) is 12.7. The third-order valence-corrected chi connectivity index (χ3v) is 2.91. The number of imidazole rings is 1. The minimum Gasteiger partial charge on any atom is -0.467 e. The molecule has 0 saturated carbocycles. The van der Waals surface area contributed by atoms with Crippen molar-refractivity contribution in [2.75, 3.05) is 24.3 Å². The van der Waals surface area contributed by atoms with Crippen LogP contribution in [0.1, 0.15) is 5.76 Å². The second-order valence-corrected chi connectivity index (χ2v) is 4.77. The van der Waals surface area contributed by atoms with Crippen LogP contribution >= 0.6 is 11.6 Å². The third-order valence-electron chi connectivity index (χ3n) is 2.75. The minimum absolute atomic E-state index is 0.149. The summed E-state index contributed by atoms with van der Waals surface area (Å²) in [5.74, 6) is 2.09. The molecule has 0 amide bonds. The van der Waals surface area contributed by atoms with Crippen LogP contribution in [0.15, 0.2) is 22.8 Å². The summed E-state index contributed by atoms with van der Waals surface area (Å²) in [6.45, 7) is 0.506. The summed E-state index contributed by atoms with van der Waals surface area (Å²) >= 11 is 5.92. The summed E-state index contributed by atoms with van der Waals surface area (Å²) in [6.07, 6.45) is 1.62. The second-order valence-electron chi connectivity index (χ2n) is 4.43. The molecule has 0 aromatic carbocycles. The van der Waals surface area contributed by atoms with Gasteiger partial charge in [0.1, 0.15) is 11.3 Å². The van der Waals surface area contributed by atoms with Gasteiger partial charge in [-0.15, -0.1) is 0 Å². The van der Waals surface area contributed by atoms with Gasteiger partial charge in [0, 0.05) is 14.1 Å². The summed E-state index contributed by atoms with van der Waals surface area (Å²) in [7, 11) is 3.78. The van der Waals surface area contributed by atoms with E-state index in [1.807, 2.05) is 31.1 Å². The van der Waals surface area contributed by atoms with E-state index in [1.165, 1.54) is 0 Å². The number of nitrogens with one attached hydrogen (secondary N) is 2. The summed E-state index contributed by atoms with van der Waals surface area (Å²) < 4.78 is 5.27. The third kappa shape index (κ3) is 2.39. The number of anilines is 2. The van der Waals surface area contributed by atoms with E-state index in [0.29, 0.717) is 29.5 Å². The predicted molar refractivity (Wildman–Crippen MR) is 77.1 cm³/mol. The van der Waals surface area contributed by atoms with Gasteiger partial charge in [-0.3, -0.25) is 0 Å². The van der Waals surface area contributed by atoms with Gasteiger partial charge in [0.2, 0.25) is 11.2 Å². The highest BCUT2D eigenvalue weighted by Crippen LogP contribution is 2.23. The second kappa shape index (κ2) is 5.01. The highest BCUT2D eigenvalue weighted by molar-refractivity contribution is 6.28. The predicted octanol–water partition coefficient (Wildman–Crippen LogP) is 2.28. The van der Waals surface area contributed by atoms with Gasteiger partial charge < -0.3 is 19.6 Å². The van der Waals surface area contributed by atoms with Gasteiger partial charge in [-0.1, -0.05) is 0 Å². The van der Waals surface area contributed by atoms with Crippen molar-refractivity contribution in [1.29, 1.82) is 0 Å². The number of hydrogen-bond donors (Lipinski definition) is 2. The number of H-pyrrole nitrogens is 1. The van der Waals surface area contributed by atoms with Crippen molar-refractivity contribution in [1.82, 2.24) is 19.9 Å². The molecule has 0 aliphatic rings. The summed E-state index contributed by atoms with van der Waals surface area (Å²) in [5, 5.41) is 3.31. The molecule has 0 unspecified atom stereocenters. The van der Waals surface area contributed by atoms with Gasteiger partial charge in [-0.2, -0.15) is 15.0 Å². The first-order valence-corrected chi connectivity index (χ1v) is 6.38. The van der Waals surface area contributed by atoms with Gasteiger partial charge in [0.25, 0.3) is 0 Å². The van der Waals surface area contributed by atoms with Crippen molar-refractivity contribution in [3.8, 4) is 0 Å². The molecule has 20 heavy (non-hydrogen) atoms. The molecule has 7 nitrogen and oxygen atoms in total. The lowest BCUT2D eigenvalue weighted by molar-refractivity contribution is 0.518. The Kier molecular flexibility index (Phi) is 3.19. The van der Waals surface area contributed by atoms with Crippen molar-refractivity contribution >= 4 is 34.5 Å². The summed E-state index contributed by atoms with van der Waals surface area (Å²) in [4.78, 5) is 17.7. The lowest BCUT2D eigenvalue weighted by atomic mass is 10.4. The number of hydrogen-bond acceptors (Lipinski definition) is 6. The van der Waals surface area contributed by atoms with E-state index >= 15 is 0 Å². The van der Waals surface area contributed by atoms with Gasteiger partial charge in [-0.05, 0) is 23.7 Å². The number of nitrogens with zero attached hydrogens (tertiary/aromatic N) is 4. The minimum atomic E-state index is 0.149. The Bertz CT molecular complexity index is 721. The quantitative estimate of drug-likeness (QED) is 0.718. The maximum Gasteiger partial charge on any atom is 0.226 e. The Morgan fingerprint density at radius 1 is 1.35 bits per heavy atom. The highest BCUT2D eigenvalue weighted by Gasteiger charge is 2.13. The molecule has 0 saturated heterocycles. The van der Waals surface area contributed by atoms with E-state index in [-0.39, 0.29) is 5.28 Å². The Morgan fingerprint density at radius 3 is 2.90 bits per heavy atom. The van der Waals surface area contributed by atoms with Gasteiger partial charge in [0.05, 0.1) is 12.8 Å². The fourth-order valence-corrected chi connectivity index (χ4v) is 1.95. The van der Waals surface area contributed by atoms with Crippen LogP contribution in [-0.2, 0) is 6.54 Å². The Hall–Kier alpha value is -2.28. The van der Waals surface area contributed by atoms with E-state index in [1.54, 1.807) is 6.26 Å². The van der Waals surface area contributed by atoms with Crippen LogP contribution in [0.2, 0.25) is 5.28 Å². The number of furan rings is 1. The van der Waals surface area contributed by atoms with Crippen LogP contribution in [0.4, 0.5) is 11.8 Å². The lowest BCUT2D eigenvalue weighted by Gasteiger charge is -2.06. The van der Waals surface area contributed by atoms with E-state index in [9.17, 15) is 0 Å². The van der Waals surface area contributed by atoms with Crippen molar-refractivity contribution in [3.05, 3.63) is 29.4 Å². The number of aromatic nitrogens is 4. The van der Waals surface area contributed by atoms with Crippen LogP contribution in [-0.4, -0.2) is 34.0 Å². The molecule has 104 valence electrons. The molecule has 0 bridgehead atoms. The zero-order valence-electron chi connectivity index (χ0n) is 11.0. The molecule has 3 aromatic rings. The Labute approximate surface area is 120 Å². The van der Waals surface area contributed by atoms with Crippen molar-refractivity contribution in [2.45, 2.75) is 6.54 Å². The van der Waals surface area contributed by atoms with Crippen molar-refractivity contribution in [3.63, 3.8) is 0 Å². The van der Waals surface area contributed by atoms with Crippen molar-refractivity contribution in [2.24, 2.45) is 0 Å². The number of aromatic amines is 1. The van der Waals surface area contributed by atoms with E-state index < -0.39 is 0 Å². The first-order valence-electron chi connectivity index (χ1n) is 6.00. The Balaban J connectivity index is 1.96. The molecule has 3 rings (SSSR count). The maximum atomic E-state index is 5.92. The van der Waals surface area contributed by atoms with E-state index in [4.69, 9.17) is 16.0 Å². The van der Waals surface area contributed by atoms with Crippen LogP contribution in [0.3, 0.4) is 0 Å². The molecule has 0 radical (unpaired) electrons. The Morgan fingerprint density at radius 2 is 2.20 bits per heavy atom. The molecule has 3 aromatic heterocycles. The molecular weight excluding hydrogens is 280 g/mol. The SMILES string of the molecule is CN(C)c1nc2nc(Cl)nc(NCc3ccco3)c2[nH]1. The van der Waals surface area contributed by atoms with E-state index in [2.05, 4.69) is 25.3 Å². The number of halogens is 1. The van der Waals surface area contributed by atoms with Crippen LogP contribution < -0.4 is 10.2 Å². The molecule has 0 fully saturated rings. The fourth-order valence-electron chi connectivity index (χ4n) is 1.78. The average molecular weight is 293 g/mol. The first-order chi connectivity index (χ1) is 9.63. The lowest BCUT2D eigenvalue weighted by Crippen LogP contribution is -2.10. The number of fused-ring (bicyclic) bond motifs is 1. The molecule has 3 heterocycles. The molecule has 0 spiro atoms. The van der Waals surface area contributed by atoms with Gasteiger partial charge in [0.15, 0.2) is 11.5 Å². The molecule has 2 N–H and O–H groups in total. The smallest absolute Gasteiger partial charge is 0.226 e.